The Labute approximate surface area is 149 Å². The molecule has 0 aliphatic carbocycles. The summed E-state index contributed by atoms with van der Waals surface area (Å²) in [5.74, 6) is -0.878. The van der Waals surface area contributed by atoms with Crippen LogP contribution in [0.2, 0.25) is 0 Å². The number of benzene rings is 2. The number of aromatic carboxylic acids is 1. The molecule has 1 saturated heterocycles. The molecule has 0 saturated carbocycles. The van der Waals surface area contributed by atoms with E-state index in [-0.39, 0.29) is 0 Å². The maximum atomic E-state index is 10.9. The van der Waals surface area contributed by atoms with Gasteiger partial charge in [0.15, 0.2) is 0 Å². The fourth-order valence-electron chi connectivity index (χ4n) is 3.26. The molecule has 1 aliphatic heterocycles. The summed E-state index contributed by atoms with van der Waals surface area (Å²) in [7, 11) is 0. The zero-order chi connectivity index (χ0) is 17.5. The molecule has 1 N–H and O–H groups in total. The summed E-state index contributed by atoms with van der Waals surface area (Å²) in [6, 6.07) is 17.7. The quantitative estimate of drug-likeness (QED) is 0.747. The van der Waals surface area contributed by atoms with E-state index in [0.717, 1.165) is 51.1 Å². The Kier molecular flexibility index (Phi) is 6.20. The van der Waals surface area contributed by atoms with Gasteiger partial charge >= 0.3 is 5.97 Å². The molecule has 2 aromatic rings. The Morgan fingerprint density at radius 3 is 2.56 bits per heavy atom. The second-order valence-corrected chi connectivity index (χ2v) is 6.61. The van der Waals surface area contributed by atoms with Crippen molar-refractivity contribution in [2.24, 2.45) is 0 Å². The van der Waals surface area contributed by atoms with Gasteiger partial charge in [-0.05, 0) is 42.5 Å². The molecule has 1 unspecified atom stereocenters. The summed E-state index contributed by atoms with van der Waals surface area (Å²) in [6.07, 6.45) is 3.50. The normalized spacial score (nSPS) is 17.7. The minimum Gasteiger partial charge on any atom is -0.478 e. The molecule has 4 heteroatoms. The first-order valence-electron chi connectivity index (χ1n) is 8.91. The maximum absolute atomic E-state index is 10.9. The van der Waals surface area contributed by atoms with Gasteiger partial charge in [0.05, 0.1) is 11.7 Å². The molecule has 0 radical (unpaired) electrons. The van der Waals surface area contributed by atoms with E-state index < -0.39 is 5.97 Å². The number of hydrogen-bond acceptors (Lipinski definition) is 3. The Balaban J connectivity index is 1.36. The monoisotopic (exact) mass is 339 g/mol. The van der Waals surface area contributed by atoms with Gasteiger partial charge < -0.3 is 9.84 Å². The van der Waals surface area contributed by atoms with E-state index in [4.69, 9.17) is 9.84 Å². The van der Waals surface area contributed by atoms with Gasteiger partial charge in [-0.3, -0.25) is 4.90 Å². The van der Waals surface area contributed by atoms with Crippen molar-refractivity contribution in [3.63, 3.8) is 0 Å². The molecular formula is C21H25NO3. The van der Waals surface area contributed by atoms with Crippen LogP contribution in [-0.4, -0.2) is 41.8 Å². The molecule has 0 spiro atoms. The van der Waals surface area contributed by atoms with Crippen LogP contribution in [-0.2, 0) is 17.7 Å². The summed E-state index contributed by atoms with van der Waals surface area (Å²) in [6.45, 7) is 3.64. The first-order chi connectivity index (χ1) is 12.2. The SMILES string of the molecule is O=C(O)c1ccc(CN2CCC(OCCCc3ccccc3)C2)cc1. The van der Waals surface area contributed by atoms with Crippen molar-refractivity contribution >= 4 is 5.97 Å². The van der Waals surface area contributed by atoms with E-state index in [1.165, 1.54) is 5.56 Å². The highest BCUT2D eigenvalue weighted by atomic mass is 16.5. The summed E-state index contributed by atoms with van der Waals surface area (Å²) < 4.78 is 6.02. The zero-order valence-corrected chi connectivity index (χ0v) is 14.4. The standard InChI is InChI=1S/C21H25NO3/c23-21(24)19-10-8-18(9-11-19)15-22-13-12-20(16-22)25-14-4-7-17-5-2-1-3-6-17/h1-3,5-6,8-11,20H,4,7,12-16H2,(H,23,24). The maximum Gasteiger partial charge on any atom is 0.335 e. The number of carboxylic acid groups (broad SMARTS) is 1. The molecule has 0 bridgehead atoms. The lowest BCUT2D eigenvalue weighted by atomic mass is 10.1. The minimum atomic E-state index is -0.878. The fourth-order valence-corrected chi connectivity index (χ4v) is 3.26. The number of ether oxygens (including phenoxy) is 1. The number of hydrogen-bond donors (Lipinski definition) is 1. The van der Waals surface area contributed by atoms with Gasteiger partial charge in [0.2, 0.25) is 0 Å². The van der Waals surface area contributed by atoms with E-state index in [1.807, 2.05) is 18.2 Å². The highest BCUT2D eigenvalue weighted by molar-refractivity contribution is 5.87. The van der Waals surface area contributed by atoms with Gasteiger partial charge in [0.1, 0.15) is 0 Å². The Morgan fingerprint density at radius 2 is 1.84 bits per heavy atom. The second-order valence-electron chi connectivity index (χ2n) is 6.61. The predicted octanol–water partition coefficient (Wildman–Crippen LogP) is 3.61. The predicted molar refractivity (Wildman–Crippen MR) is 97.8 cm³/mol. The molecular weight excluding hydrogens is 314 g/mol. The average molecular weight is 339 g/mol. The number of likely N-dealkylation sites (tertiary alicyclic amines) is 1. The highest BCUT2D eigenvalue weighted by Gasteiger charge is 2.22. The summed E-state index contributed by atoms with van der Waals surface area (Å²) in [5, 5.41) is 8.94. The Hall–Kier alpha value is -2.17. The third-order valence-electron chi connectivity index (χ3n) is 4.64. The number of carboxylic acids is 1. The summed E-state index contributed by atoms with van der Waals surface area (Å²) in [5.41, 5.74) is 2.85. The lowest BCUT2D eigenvalue weighted by Gasteiger charge is -2.16. The number of aryl methyl sites for hydroxylation is 1. The van der Waals surface area contributed by atoms with Crippen molar-refractivity contribution < 1.29 is 14.6 Å². The van der Waals surface area contributed by atoms with Crippen LogP contribution < -0.4 is 0 Å². The van der Waals surface area contributed by atoms with Gasteiger partial charge in [-0.25, -0.2) is 4.79 Å². The van der Waals surface area contributed by atoms with Crippen molar-refractivity contribution in [3.8, 4) is 0 Å². The van der Waals surface area contributed by atoms with E-state index in [0.29, 0.717) is 11.7 Å². The van der Waals surface area contributed by atoms with Crippen molar-refractivity contribution in [1.29, 1.82) is 0 Å². The average Bonchev–Trinajstić information content (AvgIpc) is 3.07. The first-order valence-corrected chi connectivity index (χ1v) is 8.91. The van der Waals surface area contributed by atoms with E-state index >= 15 is 0 Å². The summed E-state index contributed by atoms with van der Waals surface area (Å²) in [4.78, 5) is 13.3. The second kappa shape index (κ2) is 8.79. The van der Waals surface area contributed by atoms with Crippen LogP contribution in [0.5, 0.6) is 0 Å². The van der Waals surface area contributed by atoms with Crippen LogP contribution in [0.15, 0.2) is 54.6 Å². The molecule has 0 aromatic heterocycles. The molecule has 1 atom stereocenters. The number of nitrogens with zero attached hydrogens (tertiary/aromatic N) is 1. The first kappa shape index (κ1) is 17.6. The molecule has 1 aliphatic rings. The molecule has 1 heterocycles. The largest absolute Gasteiger partial charge is 0.478 e. The summed E-state index contributed by atoms with van der Waals surface area (Å²) >= 11 is 0. The van der Waals surface area contributed by atoms with Crippen molar-refractivity contribution in [2.45, 2.75) is 31.9 Å². The Bertz CT molecular complexity index is 669. The van der Waals surface area contributed by atoms with Gasteiger partial charge in [-0.1, -0.05) is 42.5 Å². The van der Waals surface area contributed by atoms with Crippen LogP contribution in [0.1, 0.15) is 34.3 Å². The van der Waals surface area contributed by atoms with Crippen molar-refractivity contribution in [3.05, 3.63) is 71.3 Å². The van der Waals surface area contributed by atoms with E-state index in [9.17, 15) is 4.79 Å². The molecule has 2 aromatic carbocycles. The molecule has 0 amide bonds. The molecule has 1 fully saturated rings. The highest BCUT2D eigenvalue weighted by Crippen LogP contribution is 2.17. The third-order valence-corrected chi connectivity index (χ3v) is 4.64. The van der Waals surface area contributed by atoms with Crippen LogP contribution in [0.3, 0.4) is 0 Å². The lowest BCUT2D eigenvalue weighted by molar-refractivity contribution is 0.0571. The van der Waals surface area contributed by atoms with Gasteiger partial charge in [0.25, 0.3) is 0 Å². The van der Waals surface area contributed by atoms with Gasteiger partial charge in [-0.15, -0.1) is 0 Å². The van der Waals surface area contributed by atoms with Crippen LogP contribution in [0.25, 0.3) is 0 Å². The number of carbonyl (C=O) groups is 1. The van der Waals surface area contributed by atoms with E-state index in [2.05, 4.69) is 29.2 Å². The van der Waals surface area contributed by atoms with E-state index in [1.54, 1.807) is 12.1 Å². The topological polar surface area (TPSA) is 49.8 Å². The third kappa shape index (κ3) is 5.41. The van der Waals surface area contributed by atoms with Crippen LogP contribution >= 0.6 is 0 Å². The van der Waals surface area contributed by atoms with Crippen LogP contribution in [0, 0.1) is 0 Å². The molecule has 25 heavy (non-hydrogen) atoms. The number of rotatable bonds is 8. The van der Waals surface area contributed by atoms with Crippen molar-refractivity contribution in [1.82, 2.24) is 4.90 Å². The van der Waals surface area contributed by atoms with Gasteiger partial charge in [0, 0.05) is 26.2 Å². The smallest absolute Gasteiger partial charge is 0.335 e. The molecule has 4 nitrogen and oxygen atoms in total. The lowest BCUT2D eigenvalue weighted by Crippen LogP contribution is -2.23. The Morgan fingerprint density at radius 1 is 1.08 bits per heavy atom. The van der Waals surface area contributed by atoms with Crippen LogP contribution in [0.4, 0.5) is 0 Å². The fraction of sp³-hybridized carbons (Fsp3) is 0.381. The molecule has 132 valence electrons. The minimum absolute atomic E-state index is 0.314. The van der Waals surface area contributed by atoms with Crippen molar-refractivity contribution in [2.75, 3.05) is 19.7 Å². The zero-order valence-electron chi connectivity index (χ0n) is 14.4. The van der Waals surface area contributed by atoms with Gasteiger partial charge in [-0.2, -0.15) is 0 Å². The molecule has 3 rings (SSSR count).